The summed E-state index contributed by atoms with van der Waals surface area (Å²) in [6.07, 6.45) is 0. The second-order valence-corrected chi connectivity index (χ2v) is 5.71. The van der Waals surface area contributed by atoms with Gasteiger partial charge in [-0.05, 0) is 35.9 Å². The van der Waals surface area contributed by atoms with Gasteiger partial charge in [-0.2, -0.15) is 0 Å². The number of hydrogen-bond donors (Lipinski definition) is 0. The van der Waals surface area contributed by atoms with Crippen LogP contribution in [0.25, 0.3) is 0 Å². The zero-order valence-corrected chi connectivity index (χ0v) is 14.4. The molecule has 0 saturated heterocycles. The van der Waals surface area contributed by atoms with Gasteiger partial charge in [0.05, 0.1) is 24.8 Å². The van der Waals surface area contributed by atoms with Gasteiger partial charge in [0, 0.05) is 4.47 Å². The molecule has 0 aromatic heterocycles. The molecule has 0 heterocycles. The molecule has 0 fully saturated rings. The Labute approximate surface area is 142 Å². The Morgan fingerprint density at radius 3 is 2.50 bits per heavy atom. The van der Waals surface area contributed by atoms with E-state index in [0.29, 0.717) is 22.1 Å². The minimum absolute atomic E-state index is 0.113. The summed E-state index contributed by atoms with van der Waals surface area (Å²) in [5.41, 5.74) is 1.11. The molecule has 0 aliphatic rings. The van der Waals surface area contributed by atoms with E-state index in [2.05, 4.69) is 15.9 Å². The van der Waals surface area contributed by atoms with Gasteiger partial charge in [0.25, 0.3) is 0 Å². The molecule has 0 N–H and O–H groups in total. The maximum absolute atomic E-state index is 12.1. The molecule has 0 saturated carbocycles. The van der Waals surface area contributed by atoms with Crippen LogP contribution in [-0.2, 0) is 11.3 Å². The Morgan fingerprint density at radius 2 is 1.82 bits per heavy atom. The lowest BCUT2D eigenvalue weighted by Crippen LogP contribution is -2.06. The fraction of sp³-hybridized carbons (Fsp3) is 0.188. The van der Waals surface area contributed by atoms with Crippen molar-refractivity contribution in [2.24, 2.45) is 0 Å². The van der Waals surface area contributed by atoms with Crippen LogP contribution in [0.5, 0.6) is 11.5 Å². The summed E-state index contributed by atoms with van der Waals surface area (Å²) in [4.78, 5) is 12.1. The third-order valence-electron chi connectivity index (χ3n) is 2.97. The minimum atomic E-state index is -0.485. The first-order chi connectivity index (χ1) is 10.5. The van der Waals surface area contributed by atoms with Crippen LogP contribution in [0.4, 0.5) is 0 Å². The van der Waals surface area contributed by atoms with Crippen molar-refractivity contribution < 1.29 is 19.0 Å². The van der Waals surface area contributed by atoms with E-state index < -0.39 is 5.97 Å². The van der Waals surface area contributed by atoms with E-state index in [9.17, 15) is 4.79 Å². The van der Waals surface area contributed by atoms with Crippen molar-refractivity contribution in [1.82, 2.24) is 0 Å². The molecule has 0 radical (unpaired) electrons. The third-order valence-corrected chi connectivity index (χ3v) is 3.79. The fourth-order valence-electron chi connectivity index (χ4n) is 1.85. The van der Waals surface area contributed by atoms with Gasteiger partial charge in [0.2, 0.25) is 0 Å². The summed E-state index contributed by atoms with van der Waals surface area (Å²) in [6.45, 7) is 0.113. The van der Waals surface area contributed by atoms with Crippen molar-refractivity contribution in [2.75, 3.05) is 14.2 Å². The molecule has 2 rings (SSSR count). The van der Waals surface area contributed by atoms with Crippen molar-refractivity contribution in [3.8, 4) is 11.5 Å². The molecule has 0 aliphatic carbocycles. The van der Waals surface area contributed by atoms with Crippen LogP contribution in [0.2, 0.25) is 5.02 Å². The van der Waals surface area contributed by atoms with Crippen LogP contribution in [0.3, 0.4) is 0 Å². The van der Waals surface area contributed by atoms with Crippen molar-refractivity contribution in [3.63, 3.8) is 0 Å². The molecule has 4 nitrogen and oxygen atoms in total. The summed E-state index contributed by atoms with van der Waals surface area (Å²) in [5, 5.41) is 0.348. The number of methoxy groups -OCH3 is 2. The van der Waals surface area contributed by atoms with Crippen molar-refractivity contribution in [1.29, 1.82) is 0 Å². The number of hydrogen-bond acceptors (Lipinski definition) is 4. The molecule has 0 unspecified atom stereocenters. The number of rotatable bonds is 5. The van der Waals surface area contributed by atoms with Crippen LogP contribution in [0, 0.1) is 0 Å². The van der Waals surface area contributed by atoms with Crippen molar-refractivity contribution >= 4 is 33.5 Å². The summed E-state index contributed by atoms with van der Waals surface area (Å²) in [7, 11) is 3.11. The fourth-order valence-corrected chi connectivity index (χ4v) is 2.41. The molecule has 0 spiro atoms. The number of halogens is 2. The van der Waals surface area contributed by atoms with E-state index in [1.807, 2.05) is 0 Å². The number of carbonyl (C=O) groups excluding carboxylic acids is 1. The molecular formula is C16H14BrClO4. The Bertz CT molecular complexity index is 688. The second-order valence-electron chi connectivity index (χ2n) is 4.39. The van der Waals surface area contributed by atoms with E-state index in [0.717, 1.165) is 10.0 Å². The molecule has 2 aromatic rings. The Morgan fingerprint density at radius 1 is 1.09 bits per heavy atom. The highest BCUT2D eigenvalue weighted by Gasteiger charge is 2.13. The average Bonchev–Trinajstić information content (AvgIpc) is 2.54. The van der Waals surface area contributed by atoms with Crippen LogP contribution in [-0.4, -0.2) is 20.2 Å². The van der Waals surface area contributed by atoms with Gasteiger partial charge in [-0.25, -0.2) is 4.79 Å². The van der Waals surface area contributed by atoms with Crippen LogP contribution in [0.1, 0.15) is 15.9 Å². The molecule has 116 valence electrons. The third kappa shape index (κ3) is 3.93. The summed E-state index contributed by atoms with van der Waals surface area (Å²) in [5.74, 6) is 0.713. The second kappa shape index (κ2) is 7.51. The lowest BCUT2D eigenvalue weighted by Gasteiger charge is -2.10. The number of ether oxygens (including phenoxy) is 3. The van der Waals surface area contributed by atoms with E-state index in [1.165, 1.54) is 0 Å². The number of esters is 1. The van der Waals surface area contributed by atoms with Gasteiger partial charge in [-0.3, -0.25) is 0 Å². The molecule has 0 bridgehead atoms. The molecule has 0 amide bonds. The molecule has 0 aliphatic heterocycles. The standard InChI is InChI=1S/C16H14BrClO4/c1-20-14-6-3-10(7-15(14)21-2)9-22-16(19)12-8-11(17)4-5-13(12)18/h3-8H,9H2,1-2H3. The van der Waals surface area contributed by atoms with Gasteiger partial charge >= 0.3 is 5.97 Å². The summed E-state index contributed by atoms with van der Waals surface area (Å²) in [6, 6.07) is 10.3. The zero-order chi connectivity index (χ0) is 16.1. The van der Waals surface area contributed by atoms with Crippen LogP contribution in [0.15, 0.2) is 40.9 Å². The SMILES string of the molecule is COc1ccc(COC(=O)c2cc(Br)ccc2Cl)cc1OC. The molecule has 6 heteroatoms. The van der Waals surface area contributed by atoms with Gasteiger partial charge in [0.1, 0.15) is 6.61 Å². The smallest absolute Gasteiger partial charge is 0.340 e. The lowest BCUT2D eigenvalue weighted by atomic mass is 10.2. The number of benzene rings is 2. The summed E-state index contributed by atoms with van der Waals surface area (Å²) < 4.78 is 16.4. The topological polar surface area (TPSA) is 44.8 Å². The summed E-state index contributed by atoms with van der Waals surface area (Å²) >= 11 is 9.30. The van der Waals surface area contributed by atoms with Gasteiger partial charge in [-0.1, -0.05) is 33.6 Å². The predicted octanol–water partition coefficient (Wildman–Crippen LogP) is 4.48. The first-order valence-electron chi connectivity index (χ1n) is 6.38. The quantitative estimate of drug-likeness (QED) is 0.712. The molecule has 2 aromatic carbocycles. The maximum Gasteiger partial charge on any atom is 0.340 e. The highest BCUT2D eigenvalue weighted by atomic mass is 79.9. The van der Waals surface area contributed by atoms with E-state index in [1.54, 1.807) is 50.6 Å². The molecule has 0 atom stereocenters. The normalized spacial score (nSPS) is 10.2. The Balaban J connectivity index is 2.09. The van der Waals surface area contributed by atoms with Crippen LogP contribution >= 0.6 is 27.5 Å². The predicted molar refractivity (Wildman–Crippen MR) is 87.8 cm³/mol. The van der Waals surface area contributed by atoms with Gasteiger partial charge in [-0.15, -0.1) is 0 Å². The Hall–Kier alpha value is -1.72. The largest absolute Gasteiger partial charge is 0.493 e. The first kappa shape index (κ1) is 16.6. The molecular weight excluding hydrogens is 372 g/mol. The highest BCUT2D eigenvalue weighted by Crippen LogP contribution is 2.28. The van der Waals surface area contributed by atoms with Crippen molar-refractivity contribution in [2.45, 2.75) is 6.61 Å². The van der Waals surface area contributed by atoms with Crippen molar-refractivity contribution in [3.05, 3.63) is 57.0 Å². The van der Waals surface area contributed by atoms with Crippen LogP contribution < -0.4 is 9.47 Å². The minimum Gasteiger partial charge on any atom is -0.493 e. The molecule has 22 heavy (non-hydrogen) atoms. The first-order valence-corrected chi connectivity index (χ1v) is 7.55. The Kier molecular flexibility index (Phi) is 5.69. The van der Waals surface area contributed by atoms with E-state index >= 15 is 0 Å². The highest BCUT2D eigenvalue weighted by molar-refractivity contribution is 9.10. The average molecular weight is 386 g/mol. The maximum atomic E-state index is 12.1. The van der Waals surface area contributed by atoms with E-state index in [-0.39, 0.29) is 6.61 Å². The monoisotopic (exact) mass is 384 g/mol. The lowest BCUT2D eigenvalue weighted by molar-refractivity contribution is 0.0472. The van der Waals surface area contributed by atoms with Gasteiger partial charge < -0.3 is 14.2 Å². The van der Waals surface area contributed by atoms with Gasteiger partial charge in [0.15, 0.2) is 11.5 Å². The number of carbonyl (C=O) groups is 1. The zero-order valence-electron chi connectivity index (χ0n) is 12.1. The van der Waals surface area contributed by atoms with E-state index in [4.69, 9.17) is 25.8 Å².